The third kappa shape index (κ3) is 2.12. The Labute approximate surface area is 95.6 Å². The summed E-state index contributed by atoms with van der Waals surface area (Å²) >= 11 is 0. The Morgan fingerprint density at radius 3 is 2.56 bits per heavy atom. The van der Waals surface area contributed by atoms with Crippen molar-refractivity contribution in [2.75, 3.05) is 18.1 Å². The van der Waals surface area contributed by atoms with E-state index in [9.17, 15) is 8.42 Å². The number of hydrogen-bond donors (Lipinski definition) is 1. The number of sulfone groups is 1. The van der Waals surface area contributed by atoms with E-state index in [2.05, 4.69) is 5.10 Å². The van der Waals surface area contributed by atoms with Crippen molar-refractivity contribution >= 4 is 9.84 Å². The van der Waals surface area contributed by atoms with Gasteiger partial charge < -0.3 is 5.73 Å². The topological polar surface area (TPSA) is 78.0 Å². The highest BCUT2D eigenvalue weighted by Crippen LogP contribution is 2.33. The summed E-state index contributed by atoms with van der Waals surface area (Å²) in [5.74, 6) is 0.486. The Morgan fingerprint density at radius 2 is 2.06 bits per heavy atom. The third-order valence-electron chi connectivity index (χ3n) is 3.36. The highest BCUT2D eigenvalue weighted by atomic mass is 32.2. The zero-order valence-corrected chi connectivity index (χ0v) is 9.99. The summed E-state index contributed by atoms with van der Waals surface area (Å²) in [5.41, 5.74) is 5.44. The van der Waals surface area contributed by atoms with Crippen LogP contribution in [-0.2, 0) is 15.4 Å². The van der Waals surface area contributed by atoms with E-state index in [0.717, 1.165) is 6.42 Å². The van der Waals surface area contributed by atoms with Crippen LogP contribution in [-0.4, -0.2) is 36.2 Å². The second-order valence-electron chi connectivity index (χ2n) is 4.37. The second kappa shape index (κ2) is 4.18. The normalized spacial score (nSPS) is 23.1. The average Bonchev–Trinajstić information content (AvgIpc) is 2.76. The first-order valence-electron chi connectivity index (χ1n) is 5.49. The van der Waals surface area contributed by atoms with Crippen molar-refractivity contribution in [3.8, 4) is 0 Å². The highest BCUT2D eigenvalue weighted by Gasteiger charge is 2.38. The van der Waals surface area contributed by atoms with E-state index < -0.39 is 9.84 Å². The van der Waals surface area contributed by atoms with Crippen LogP contribution in [0.5, 0.6) is 0 Å². The summed E-state index contributed by atoms with van der Waals surface area (Å²) in [7, 11) is -2.85. The summed E-state index contributed by atoms with van der Waals surface area (Å²) in [4.78, 5) is 0. The van der Waals surface area contributed by atoms with Crippen LogP contribution >= 0.6 is 0 Å². The molecule has 90 valence electrons. The smallest absolute Gasteiger partial charge is 0.150 e. The molecule has 16 heavy (non-hydrogen) atoms. The van der Waals surface area contributed by atoms with Gasteiger partial charge in [-0.3, -0.25) is 4.68 Å². The van der Waals surface area contributed by atoms with Crippen molar-refractivity contribution in [2.45, 2.75) is 24.8 Å². The van der Waals surface area contributed by atoms with E-state index >= 15 is 0 Å². The van der Waals surface area contributed by atoms with Crippen LogP contribution in [0.1, 0.15) is 19.3 Å². The first-order chi connectivity index (χ1) is 7.58. The lowest BCUT2D eigenvalue weighted by Crippen LogP contribution is -2.43. The van der Waals surface area contributed by atoms with Crippen LogP contribution < -0.4 is 5.73 Å². The van der Waals surface area contributed by atoms with Gasteiger partial charge in [0.25, 0.3) is 0 Å². The molecule has 6 heteroatoms. The van der Waals surface area contributed by atoms with Crippen LogP contribution in [0.25, 0.3) is 0 Å². The summed E-state index contributed by atoms with van der Waals surface area (Å²) in [6.07, 6.45) is 5.64. The van der Waals surface area contributed by atoms with Gasteiger partial charge in [0.1, 0.15) is 0 Å². The largest absolute Gasteiger partial charge is 0.330 e. The number of hydrogen-bond acceptors (Lipinski definition) is 4. The molecule has 1 aliphatic heterocycles. The van der Waals surface area contributed by atoms with Gasteiger partial charge in [0.05, 0.1) is 17.0 Å². The molecule has 0 amide bonds. The lowest BCUT2D eigenvalue weighted by atomic mass is 9.89. The summed E-state index contributed by atoms with van der Waals surface area (Å²) in [6.45, 7) is 0.555. The number of nitrogens with zero attached hydrogens (tertiary/aromatic N) is 2. The molecule has 5 nitrogen and oxygen atoms in total. The average molecular weight is 243 g/mol. The lowest BCUT2D eigenvalue weighted by Gasteiger charge is -2.37. The molecule has 0 radical (unpaired) electrons. The molecule has 0 aromatic carbocycles. The quantitative estimate of drug-likeness (QED) is 0.819. The maximum atomic E-state index is 11.5. The van der Waals surface area contributed by atoms with Gasteiger partial charge in [-0.2, -0.15) is 5.10 Å². The van der Waals surface area contributed by atoms with Crippen molar-refractivity contribution in [3.05, 3.63) is 18.5 Å². The Hall–Kier alpha value is -0.880. The van der Waals surface area contributed by atoms with E-state index in [1.807, 2.05) is 16.9 Å². The molecule has 0 bridgehead atoms. The predicted octanol–water partition coefficient (Wildman–Crippen LogP) is 0.136. The first kappa shape index (κ1) is 11.6. The molecule has 1 aliphatic rings. The molecule has 0 spiro atoms. The van der Waals surface area contributed by atoms with Gasteiger partial charge in [0.15, 0.2) is 9.84 Å². The van der Waals surface area contributed by atoms with Crippen molar-refractivity contribution < 1.29 is 8.42 Å². The van der Waals surface area contributed by atoms with E-state index in [1.165, 1.54) is 0 Å². The maximum Gasteiger partial charge on any atom is 0.150 e. The fraction of sp³-hybridized carbons (Fsp3) is 0.700. The molecule has 0 aliphatic carbocycles. The zero-order valence-electron chi connectivity index (χ0n) is 9.17. The molecule has 2 N–H and O–H groups in total. The van der Waals surface area contributed by atoms with Crippen molar-refractivity contribution in [1.82, 2.24) is 9.78 Å². The Morgan fingerprint density at radius 1 is 1.38 bits per heavy atom. The lowest BCUT2D eigenvalue weighted by molar-refractivity contribution is 0.214. The standard InChI is InChI=1S/C10H17N3O2S/c11-5-2-10(13-7-1-6-12-13)3-8-16(14,15)9-4-10/h1,6-7H,2-5,8-9,11H2. The van der Waals surface area contributed by atoms with E-state index in [-0.39, 0.29) is 17.0 Å². The molecule has 1 saturated heterocycles. The summed E-state index contributed by atoms with van der Waals surface area (Å²) in [5, 5.41) is 4.24. The van der Waals surface area contributed by atoms with Crippen LogP contribution in [0.2, 0.25) is 0 Å². The molecular formula is C10H17N3O2S. The van der Waals surface area contributed by atoms with Gasteiger partial charge in [-0.15, -0.1) is 0 Å². The van der Waals surface area contributed by atoms with Crippen molar-refractivity contribution in [1.29, 1.82) is 0 Å². The molecule has 0 saturated carbocycles. The highest BCUT2D eigenvalue weighted by molar-refractivity contribution is 7.91. The zero-order chi connectivity index (χ0) is 11.6. The Kier molecular flexibility index (Phi) is 3.03. The second-order valence-corrected chi connectivity index (χ2v) is 6.67. The minimum atomic E-state index is -2.85. The molecule has 1 aromatic rings. The molecule has 1 fully saturated rings. The van der Waals surface area contributed by atoms with Crippen molar-refractivity contribution in [2.24, 2.45) is 5.73 Å². The fourth-order valence-corrected chi connectivity index (χ4v) is 3.92. The SMILES string of the molecule is NCCC1(n2cccn2)CCS(=O)(=O)CC1. The van der Waals surface area contributed by atoms with Crippen LogP contribution in [0.3, 0.4) is 0 Å². The number of rotatable bonds is 3. The van der Waals surface area contributed by atoms with Crippen LogP contribution in [0, 0.1) is 0 Å². The first-order valence-corrected chi connectivity index (χ1v) is 7.31. The van der Waals surface area contributed by atoms with Gasteiger partial charge >= 0.3 is 0 Å². The minimum Gasteiger partial charge on any atom is -0.330 e. The van der Waals surface area contributed by atoms with E-state index in [0.29, 0.717) is 19.4 Å². The molecule has 0 atom stereocenters. The summed E-state index contributed by atoms with van der Waals surface area (Å²) in [6, 6.07) is 1.86. The number of nitrogens with two attached hydrogens (primary N) is 1. The minimum absolute atomic E-state index is 0.191. The van der Waals surface area contributed by atoms with Gasteiger partial charge in [0, 0.05) is 12.4 Å². The molecule has 2 rings (SSSR count). The predicted molar refractivity (Wildman–Crippen MR) is 61.8 cm³/mol. The molecule has 2 heterocycles. The van der Waals surface area contributed by atoms with Gasteiger partial charge in [-0.25, -0.2) is 8.42 Å². The number of aromatic nitrogens is 2. The van der Waals surface area contributed by atoms with E-state index in [4.69, 9.17) is 5.73 Å². The van der Waals surface area contributed by atoms with Gasteiger partial charge in [-0.05, 0) is 31.9 Å². The fourth-order valence-electron chi connectivity index (χ4n) is 2.33. The van der Waals surface area contributed by atoms with Gasteiger partial charge in [0.2, 0.25) is 0 Å². The van der Waals surface area contributed by atoms with Crippen LogP contribution in [0.4, 0.5) is 0 Å². The maximum absolute atomic E-state index is 11.5. The monoisotopic (exact) mass is 243 g/mol. The van der Waals surface area contributed by atoms with Crippen molar-refractivity contribution in [3.63, 3.8) is 0 Å². The Balaban J connectivity index is 2.25. The van der Waals surface area contributed by atoms with Gasteiger partial charge in [-0.1, -0.05) is 0 Å². The molecule has 0 unspecified atom stereocenters. The van der Waals surface area contributed by atoms with Crippen LogP contribution in [0.15, 0.2) is 18.5 Å². The summed E-state index contributed by atoms with van der Waals surface area (Å²) < 4.78 is 24.8. The Bertz CT molecular complexity index is 425. The molecule has 1 aromatic heterocycles. The van der Waals surface area contributed by atoms with E-state index in [1.54, 1.807) is 6.20 Å². The third-order valence-corrected chi connectivity index (χ3v) is 5.01. The molecular weight excluding hydrogens is 226 g/mol.